The maximum atomic E-state index is 12.0. The number of rotatable bonds is 20. The Morgan fingerprint density at radius 2 is 1.13 bits per heavy atom. The van der Waals surface area contributed by atoms with E-state index in [0.29, 0.717) is 6.42 Å². The van der Waals surface area contributed by atoms with Gasteiger partial charge in [0.2, 0.25) is 5.91 Å². The quantitative estimate of drug-likeness (QED) is 0.222. The van der Waals surface area contributed by atoms with Crippen molar-refractivity contribution in [2.45, 2.75) is 123 Å². The molecule has 0 radical (unpaired) electrons. The van der Waals surface area contributed by atoms with Gasteiger partial charge in [0.1, 0.15) is 0 Å². The minimum absolute atomic E-state index is 0.0113. The summed E-state index contributed by atoms with van der Waals surface area (Å²) in [5, 5.41) is 12.3. The molecule has 3 heteroatoms. The van der Waals surface area contributed by atoms with Gasteiger partial charge in [-0.3, -0.25) is 4.79 Å². The van der Waals surface area contributed by atoms with Crippen LogP contribution in [0, 0.1) is 0 Å². The molecular weight excluding hydrogens is 370 g/mol. The second-order valence-corrected chi connectivity index (χ2v) is 8.76. The Hall–Kier alpha value is -1.35. The maximum absolute atomic E-state index is 12.0. The Balaban J connectivity index is 1.83. The van der Waals surface area contributed by atoms with Crippen LogP contribution in [0.25, 0.3) is 0 Å². The van der Waals surface area contributed by atoms with Gasteiger partial charge >= 0.3 is 0 Å². The standard InChI is InChI=1S/C27H47NO2/c1-2-3-4-5-6-7-8-9-10-11-12-13-14-15-16-19-22-28-27(30)23-25-20-17-18-21-26(25)24-29/h17-18,20-21,29H,2-16,19,22-24H2,1H3,(H,28,30). The number of carbonyl (C=O) groups excluding carboxylic acids is 1. The van der Waals surface area contributed by atoms with Gasteiger partial charge in [0.05, 0.1) is 13.0 Å². The highest BCUT2D eigenvalue weighted by Gasteiger charge is 2.06. The highest BCUT2D eigenvalue weighted by Crippen LogP contribution is 2.14. The third-order valence-corrected chi connectivity index (χ3v) is 5.99. The number of hydrogen-bond acceptors (Lipinski definition) is 2. The summed E-state index contributed by atoms with van der Waals surface area (Å²) < 4.78 is 0. The molecule has 0 bridgehead atoms. The highest BCUT2D eigenvalue weighted by atomic mass is 16.3. The van der Waals surface area contributed by atoms with Gasteiger partial charge in [-0.15, -0.1) is 0 Å². The van der Waals surface area contributed by atoms with Crippen LogP contribution in [0.1, 0.15) is 121 Å². The van der Waals surface area contributed by atoms with Crippen LogP contribution in [-0.2, 0) is 17.8 Å². The molecule has 1 rings (SSSR count). The van der Waals surface area contributed by atoms with Crippen LogP contribution in [0.2, 0.25) is 0 Å². The van der Waals surface area contributed by atoms with Gasteiger partial charge in [0, 0.05) is 6.54 Å². The molecule has 0 aliphatic rings. The summed E-state index contributed by atoms with van der Waals surface area (Å²) in [4.78, 5) is 12.0. The molecule has 1 amide bonds. The summed E-state index contributed by atoms with van der Waals surface area (Å²) in [5.41, 5.74) is 1.76. The van der Waals surface area contributed by atoms with E-state index in [1.54, 1.807) is 0 Å². The normalized spacial score (nSPS) is 11.0. The maximum Gasteiger partial charge on any atom is 0.224 e. The van der Waals surface area contributed by atoms with Crippen LogP contribution in [0.15, 0.2) is 24.3 Å². The topological polar surface area (TPSA) is 49.3 Å². The van der Waals surface area contributed by atoms with Crippen molar-refractivity contribution in [2.75, 3.05) is 6.54 Å². The summed E-state index contributed by atoms with van der Waals surface area (Å²) in [6.07, 6.45) is 22.2. The molecule has 0 unspecified atom stereocenters. The summed E-state index contributed by atoms with van der Waals surface area (Å²) >= 11 is 0. The third kappa shape index (κ3) is 14.6. The fourth-order valence-electron chi connectivity index (χ4n) is 4.02. The molecular formula is C27H47NO2. The predicted octanol–water partition coefficient (Wildman–Crippen LogP) is 7.10. The van der Waals surface area contributed by atoms with Gasteiger partial charge in [0.25, 0.3) is 0 Å². The Labute approximate surface area is 186 Å². The Bertz CT molecular complexity index is 529. The lowest BCUT2D eigenvalue weighted by Gasteiger charge is -2.08. The number of carbonyl (C=O) groups is 1. The Kier molecular flexibility index (Phi) is 17.4. The molecule has 0 aliphatic carbocycles. The van der Waals surface area contributed by atoms with Crippen molar-refractivity contribution in [1.82, 2.24) is 5.32 Å². The number of hydrogen-bond donors (Lipinski definition) is 2. The van der Waals surface area contributed by atoms with E-state index >= 15 is 0 Å². The molecule has 0 fully saturated rings. The van der Waals surface area contributed by atoms with Crippen molar-refractivity contribution in [1.29, 1.82) is 0 Å². The molecule has 1 aromatic rings. The van der Waals surface area contributed by atoms with E-state index in [1.165, 1.54) is 96.3 Å². The molecule has 0 aliphatic heterocycles. The summed E-state index contributed by atoms with van der Waals surface area (Å²) in [5.74, 6) is 0.0526. The number of aliphatic hydroxyl groups is 1. The van der Waals surface area contributed by atoms with Crippen molar-refractivity contribution >= 4 is 5.91 Å². The second-order valence-electron chi connectivity index (χ2n) is 8.76. The first-order chi connectivity index (χ1) is 14.8. The van der Waals surface area contributed by atoms with Gasteiger partial charge in [-0.2, -0.15) is 0 Å². The lowest BCUT2D eigenvalue weighted by atomic mass is 10.0. The molecule has 0 atom stereocenters. The van der Waals surface area contributed by atoms with Gasteiger partial charge in [0.15, 0.2) is 0 Å². The first-order valence-corrected chi connectivity index (χ1v) is 12.7. The molecule has 30 heavy (non-hydrogen) atoms. The van der Waals surface area contributed by atoms with Crippen LogP contribution in [-0.4, -0.2) is 17.6 Å². The summed E-state index contributed by atoms with van der Waals surface area (Å²) in [6.45, 7) is 3.03. The largest absolute Gasteiger partial charge is 0.392 e. The molecule has 0 spiro atoms. The smallest absolute Gasteiger partial charge is 0.224 e. The molecule has 0 heterocycles. The van der Waals surface area contributed by atoms with Gasteiger partial charge in [-0.25, -0.2) is 0 Å². The van der Waals surface area contributed by atoms with Gasteiger partial charge in [-0.05, 0) is 17.5 Å². The molecule has 2 N–H and O–H groups in total. The van der Waals surface area contributed by atoms with Crippen molar-refractivity contribution in [2.24, 2.45) is 0 Å². The van der Waals surface area contributed by atoms with Crippen LogP contribution < -0.4 is 5.32 Å². The first-order valence-electron chi connectivity index (χ1n) is 12.7. The number of unbranched alkanes of at least 4 members (excludes halogenated alkanes) is 15. The van der Waals surface area contributed by atoms with Crippen LogP contribution >= 0.6 is 0 Å². The minimum Gasteiger partial charge on any atom is -0.392 e. The van der Waals surface area contributed by atoms with Crippen LogP contribution in [0.4, 0.5) is 0 Å². The number of amides is 1. The van der Waals surface area contributed by atoms with Crippen molar-refractivity contribution < 1.29 is 9.90 Å². The predicted molar refractivity (Wildman–Crippen MR) is 129 cm³/mol. The van der Waals surface area contributed by atoms with Crippen molar-refractivity contribution in [3.63, 3.8) is 0 Å². The zero-order valence-corrected chi connectivity index (χ0v) is 19.6. The zero-order valence-electron chi connectivity index (χ0n) is 19.6. The van der Waals surface area contributed by atoms with Crippen molar-refractivity contribution in [3.05, 3.63) is 35.4 Å². The lowest BCUT2D eigenvalue weighted by Crippen LogP contribution is -2.26. The van der Waals surface area contributed by atoms with E-state index in [2.05, 4.69) is 12.2 Å². The SMILES string of the molecule is CCCCCCCCCCCCCCCCCCNC(=O)Cc1ccccc1CO. The van der Waals surface area contributed by atoms with E-state index in [9.17, 15) is 9.90 Å². The Morgan fingerprint density at radius 3 is 1.60 bits per heavy atom. The number of aliphatic hydroxyl groups excluding tert-OH is 1. The third-order valence-electron chi connectivity index (χ3n) is 5.99. The molecule has 0 saturated carbocycles. The monoisotopic (exact) mass is 417 g/mol. The molecule has 3 nitrogen and oxygen atoms in total. The van der Waals surface area contributed by atoms with Crippen molar-refractivity contribution in [3.8, 4) is 0 Å². The fourth-order valence-corrected chi connectivity index (χ4v) is 4.02. The molecule has 0 aromatic heterocycles. The van der Waals surface area contributed by atoms with Gasteiger partial charge < -0.3 is 10.4 Å². The molecule has 172 valence electrons. The summed E-state index contributed by atoms with van der Waals surface area (Å²) in [6, 6.07) is 7.60. The first kappa shape index (κ1) is 26.7. The van der Waals surface area contributed by atoms with Crippen LogP contribution in [0.5, 0.6) is 0 Å². The van der Waals surface area contributed by atoms with Crippen LogP contribution in [0.3, 0.4) is 0 Å². The van der Waals surface area contributed by atoms with E-state index in [0.717, 1.165) is 24.1 Å². The summed E-state index contributed by atoms with van der Waals surface area (Å²) in [7, 11) is 0. The lowest BCUT2D eigenvalue weighted by molar-refractivity contribution is -0.120. The van der Waals surface area contributed by atoms with E-state index < -0.39 is 0 Å². The highest BCUT2D eigenvalue weighted by molar-refractivity contribution is 5.78. The Morgan fingerprint density at radius 1 is 0.700 bits per heavy atom. The average molecular weight is 418 g/mol. The zero-order chi connectivity index (χ0) is 21.7. The molecule has 1 aromatic carbocycles. The number of benzene rings is 1. The van der Waals surface area contributed by atoms with E-state index in [4.69, 9.17) is 0 Å². The minimum atomic E-state index is -0.0113. The van der Waals surface area contributed by atoms with E-state index in [1.807, 2.05) is 24.3 Å². The second kappa shape index (κ2) is 19.6. The number of nitrogens with one attached hydrogen (secondary N) is 1. The average Bonchev–Trinajstić information content (AvgIpc) is 2.76. The van der Waals surface area contributed by atoms with Gasteiger partial charge in [-0.1, -0.05) is 128 Å². The van der Waals surface area contributed by atoms with E-state index in [-0.39, 0.29) is 12.5 Å². The fraction of sp³-hybridized carbons (Fsp3) is 0.741. The molecule has 0 saturated heterocycles.